The molecule has 1 aromatic carbocycles. The second-order valence-electron chi connectivity index (χ2n) is 11.6. The summed E-state index contributed by atoms with van der Waals surface area (Å²) in [6.45, 7) is 12.9. The second-order valence-corrected chi connectivity index (χ2v) is 11.6. The lowest BCUT2D eigenvalue weighted by Crippen LogP contribution is -2.49. The van der Waals surface area contributed by atoms with Crippen LogP contribution in [0.5, 0.6) is 0 Å². The van der Waals surface area contributed by atoms with E-state index in [0.29, 0.717) is 36.0 Å². The number of benzene rings is 1. The van der Waals surface area contributed by atoms with Gasteiger partial charge in [0.05, 0.1) is 6.04 Å². The second kappa shape index (κ2) is 9.88. The Labute approximate surface area is 208 Å². The van der Waals surface area contributed by atoms with E-state index in [4.69, 9.17) is 0 Å². The maximum Gasteiger partial charge on any atom is 0.408 e. The fourth-order valence-electron chi connectivity index (χ4n) is 6.37. The van der Waals surface area contributed by atoms with Crippen molar-refractivity contribution in [1.82, 2.24) is 24.6 Å². The minimum absolute atomic E-state index is 0.332. The molecule has 3 heterocycles. The quantitative estimate of drug-likeness (QED) is 0.526. The molecule has 2 saturated heterocycles. The molecule has 0 aliphatic carbocycles. The average molecular weight is 486 g/mol. The van der Waals surface area contributed by atoms with Gasteiger partial charge in [-0.05, 0) is 77.5 Å². The third kappa shape index (κ3) is 5.22. The smallest absolute Gasteiger partial charge is 0.408 e. The molecule has 35 heavy (non-hydrogen) atoms. The number of fused-ring (bicyclic) bond motifs is 2. The number of aryl methyl sites for hydroxylation is 1. The monoisotopic (exact) mass is 485 g/mol. The zero-order valence-electron chi connectivity index (χ0n) is 21.9. The van der Waals surface area contributed by atoms with Crippen LogP contribution in [0.3, 0.4) is 0 Å². The van der Waals surface area contributed by atoms with Gasteiger partial charge in [-0.1, -0.05) is 26.0 Å². The largest absolute Gasteiger partial charge is 0.465 e. The van der Waals surface area contributed by atoms with E-state index in [1.807, 2.05) is 33.8 Å². The third-order valence-electron chi connectivity index (χ3n) is 7.77. The Bertz CT molecular complexity index is 1030. The number of aromatic nitrogens is 3. The van der Waals surface area contributed by atoms with Crippen molar-refractivity contribution in [1.29, 1.82) is 0 Å². The molecule has 8 heteroatoms. The molecular formula is C27H40FN5O2. The third-order valence-corrected chi connectivity index (χ3v) is 7.77. The van der Waals surface area contributed by atoms with E-state index in [9.17, 15) is 14.3 Å². The van der Waals surface area contributed by atoms with Gasteiger partial charge in [-0.3, -0.25) is 9.80 Å². The zero-order chi connectivity index (χ0) is 25.5. The van der Waals surface area contributed by atoms with E-state index in [2.05, 4.69) is 33.5 Å². The van der Waals surface area contributed by atoms with Gasteiger partial charge < -0.3 is 9.67 Å². The molecule has 1 aromatic heterocycles. The first-order chi connectivity index (χ1) is 16.5. The maximum atomic E-state index is 14.1. The average Bonchev–Trinajstić information content (AvgIpc) is 3.25. The van der Waals surface area contributed by atoms with Crippen molar-refractivity contribution >= 4 is 6.09 Å². The van der Waals surface area contributed by atoms with Crippen molar-refractivity contribution in [2.45, 2.75) is 109 Å². The topological polar surface area (TPSA) is 74.5 Å². The molecule has 2 unspecified atom stereocenters. The first kappa shape index (κ1) is 25.6. The Morgan fingerprint density at radius 3 is 2.37 bits per heavy atom. The van der Waals surface area contributed by atoms with Gasteiger partial charge in [0, 0.05) is 36.1 Å². The molecule has 2 aliphatic rings. The Kier molecular flexibility index (Phi) is 7.23. The van der Waals surface area contributed by atoms with Gasteiger partial charge in [0.1, 0.15) is 17.5 Å². The van der Waals surface area contributed by atoms with Gasteiger partial charge in [-0.2, -0.15) is 0 Å². The summed E-state index contributed by atoms with van der Waals surface area (Å²) in [6, 6.07) is 7.32. The lowest BCUT2D eigenvalue weighted by atomic mass is 9.93. The van der Waals surface area contributed by atoms with Crippen LogP contribution in [-0.4, -0.2) is 59.9 Å². The number of amides is 1. The highest BCUT2D eigenvalue weighted by Gasteiger charge is 2.43. The van der Waals surface area contributed by atoms with Crippen LogP contribution in [-0.2, 0) is 0 Å². The summed E-state index contributed by atoms with van der Waals surface area (Å²) in [5, 5.41) is 18.9. The van der Waals surface area contributed by atoms with E-state index in [1.54, 1.807) is 6.07 Å². The summed E-state index contributed by atoms with van der Waals surface area (Å²) in [4.78, 5) is 16.4. The van der Waals surface area contributed by atoms with Gasteiger partial charge >= 0.3 is 6.09 Å². The van der Waals surface area contributed by atoms with Crippen LogP contribution >= 0.6 is 0 Å². The summed E-state index contributed by atoms with van der Waals surface area (Å²) in [7, 11) is 0. The fraction of sp³-hybridized carbons (Fsp3) is 0.667. The first-order valence-electron chi connectivity index (χ1n) is 12.9. The summed E-state index contributed by atoms with van der Waals surface area (Å²) in [5.74, 6) is 2.05. The molecule has 3 atom stereocenters. The number of nitrogens with zero attached hydrogens (tertiary/aromatic N) is 5. The minimum atomic E-state index is -0.974. The molecule has 2 bridgehead atoms. The predicted molar refractivity (Wildman–Crippen MR) is 134 cm³/mol. The van der Waals surface area contributed by atoms with E-state index < -0.39 is 17.7 Å². The van der Waals surface area contributed by atoms with Gasteiger partial charge in [-0.15, -0.1) is 10.2 Å². The molecule has 0 radical (unpaired) electrons. The van der Waals surface area contributed by atoms with Crippen LogP contribution in [0.2, 0.25) is 0 Å². The molecule has 2 fully saturated rings. The molecular weight excluding hydrogens is 445 g/mol. The molecule has 4 rings (SSSR count). The number of carboxylic acid groups (broad SMARTS) is 1. The lowest BCUT2D eigenvalue weighted by molar-refractivity contribution is 0.0507. The van der Waals surface area contributed by atoms with Gasteiger partial charge in [0.15, 0.2) is 0 Å². The molecule has 192 valence electrons. The van der Waals surface area contributed by atoms with Crippen molar-refractivity contribution in [2.24, 2.45) is 0 Å². The van der Waals surface area contributed by atoms with E-state index in [0.717, 1.165) is 43.9 Å². The van der Waals surface area contributed by atoms with Crippen LogP contribution < -0.4 is 0 Å². The Morgan fingerprint density at radius 1 is 1.17 bits per heavy atom. The summed E-state index contributed by atoms with van der Waals surface area (Å²) < 4.78 is 16.5. The van der Waals surface area contributed by atoms with Crippen LogP contribution in [0.4, 0.5) is 9.18 Å². The molecule has 1 N–H and O–H groups in total. The number of hydrogen-bond donors (Lipinski definition) is 1. The van der Waals surface area contributed by atoms with Crippen molar-refractivity contribution in [3.63, 3.8) is 0 Å². The molecule has 0 saturated carbocycles. The van der Waals surface area contributed by atoms with Gasteiger partial charge in [0.2, 0.25) is 0 Å². The minimum Gasteiger partial charge on any atom is -0.465 e. The van der Waals surface area contributed by atoms with E-state index >= 15 is 0 Å². The fourth-order valence-corrected chi connectivity index (χ4v) is 6.37. The molecule has 2 aromatic rings. The molecule has 1 amide bonds. The van der Waals surface area contributed by atoms with Crippen LogP contribution in [0.25, 0.3) is 0 Å². The number of carbonyl (C=O) groups is 1. The maximum absolute atomic E-state index is 14.1. The number of halogens is 1. The number of rotatable bonds is 7. The van der Waals surface area contributed by atoms with Crippen molar-refractivity contribution in [2.75, 3.05) is 6.54 Å². The standard InChI is InChI=1S/C27H40FN5O2/c1-17(2)25-30-29-18(3)32(25)23-15-21-10-11-22(16-23)31(21)13-12-24(19-8-7-9-20(28)14-19)33(26(34)35)27(4,5)6/h7-9,14,17,21-24H,10-13,15-16H2,1-6H3,(H,34,35)/t21?,22?,23?,24-/m0/s1. The Balaban J connectivity index is 1.54. The summed E-state index contributed by atoms with van der Waals surface area (Å²) >= 11 is 0. The highest BCUT2D eigenvalue weighted by Crippen LogP contribution is 2.43. The highest BCUT2D eigenvalue weighted by atomic mass is 19.1. The van der Waals surface area contributed by atoms with Gasteiger partial charge in [0.25, 0.3) is 0 Å². The highest BCUT2D eigenvalue weighted by molar-refractivity contribution is 5.67. The van der Waals surface area contributed by atoms with Crippen LogP contribution in [0.1, 0.15) is 102 Å². The SMILES string of the molecule is Cc1nnc(C(C)C)n1C1CC2CCC(C1)N2CC[C@@H](c1cccc(F)c1)N(C(=O)O)C(C)(C)C. The number of hydrogen-bond acceptors (Lipinski definition) is 4. The normalized spacial score (nSPS) is 23.6. The molecule has 7 nitrogen and oxygen atoms in total. The van der Waals surface area contributed by atoms with Gasteiger partial charge in [-0.25, -0.2) is 9.18 Å². The summed E-state index contributed by atoms with van der Waals surface area (Å²) in [6.07, 6.45) is 4.09. The molecule has 0 spiro atoms. The Morgan fingerprint density at radius 2 is 1.83 bits per heavy atom. The van der Waals surface area contributed by atoms with Crippen molar-refractivity contribution in [3.8, 4) is 0 Å². The van der Waals surface area contributed by atoms with Crippen molar-refractivity contribution < 1.29 is 14.3 Å². The molecule has 2 aliphatic heterocycles. The predicted octanol–water partition coefficient (Wildman–Crippen LogP) is 5.93. The van der Waals surface area contributed by atoms with Crippen LogP contribution in [0.15, 0.2) is 24.3 Å². The zero-order valence-corrected chi connectivity index (χ0v) is 21.9. The van der Waals surface area contributed by atoms with Crippen molar-refractivity contribution in [3.05, 3.63) is 47.3 Å². The first-order valence-corrected chi connectivity index (χ1v) is 12.9. The summed E-state index contributed by atoms with van der Waals surface area (Å²) in [5.41, 5.74) is 0.111. The van der Waals surface area contributed by atoms with E-state index in [1.165, 1.54) is 17.0 Å². The van der Waals surface area contributed by atoms with E-state index in [-0.39, 0.29) is 5.82 Å². The number of piperidine rings is 1. The van der Waals surface area contributed by atoms with Crippen LogP contribution in [0, 0.1) is 12.7 Å². The lowest BCUT2D eigenvalue weighted by Gasteiger charge is -2.43. The Hall–Kier alpha value is -2.48.